The highest BCUT2D eigenvalue weighted by molar-refractivity contribution is 7.87. The molecule has 1 aliphatic rings. The Kier molecular flexibility index (Phi) is 5.68. The predicted molar refractivity (Wildman–Crippen MR) is 77.5 cm³/mol. The van der Waals surface area contributed by atoms with Crippen LogP contribution in [0.2, 0.25) is 0 Å². The molecule has 0 aliphatic carbocycles. The fraction of sp³-hybridized carbons (Fsp3) is 0.833. The second kappa shape index (κ2) is 7.30. The minimum atomic E-state index is -3.47. The molecule has 1 aromatic rings. The molecule has 120 valence electrons. The lowest BCUT2D eigenvalue weighted by atomic mass is 9.98. The smallest absolute Gasteiger partial charge is 0.279 e. The summed E-state index contributed by atoms with van der Waals surface area (Å²) in [5, 5.41) is 6.98. The summed E-state index contributed by atoms with van der Waals surface area (Å²) < 4.78 is 32.9. The molecule has 2 rings (SSSR count). The number of rotatable bonds is 7. The van der Waals surface area contributed by atoms with Gasteiger partial charge in [-0.3, -0.25) is 0 Å². The Morgan fingerprint density at radius 1 is 1.43 bits per heavy atom. The van der Waals surface area contributed by atoms with E-state index in [1.807, 2.05) is 0 Å². The molecule has 1 fully saturated rings. The first kappa shape index (κ1) is 16.3. The van der Waals surface area contributed by atoms with Crippen molar-refractivity contribution in [3.8, 4) is 0 Å². The minimum Gasteiger partial charge on any atom is -0.343 e. The Balaban J connectivity index is 1.77. The second-order valence-electron chi connectivity index (χ2n) is 5.58. The van der Waals surface area contributed by atoms with Crippen molar-refractivity contribution in [1.29, 1.82) is 0 Å². The molecule has 8 nitrogen and oxygen atoms in total. The highest BCUT2D eigenvalue weighted by atomic mass is 32.2. The summed E-state index contributed by atoms with van der Waals surface area (Å²) in [5.41, 5.74) is 0. The first-order valence-corrected chi connectivity index (χ1v) is 8.65. The van der Waals surface area contributed by atoms with Gasteiger partial charge in [-0.2, -0.15) is 22.4 Å². The molecule has 2 N–H and O–H groups in total. The van der Waals surface area contributed by atoms with Gasteiger partial charge in [0, 0.05) is 19.1 Å². The standard InChI is InChI=1S/C12H23N5O3S/c1-10(2)13-7-11-3-5-17(6-4-11)21(18,19)15-8-12-14-9-20-16-12/h9-11,13,15H,3-8H2,1-2H3. The van der Waals surface area contributed by atoms with E-state index in [0.717, 1.165) is 19.4 Å². The molecule has 0 unspecified atom stereocenters. The van der Waals surface area contributed by atoms with Crippen molar-refractivity contribution in [1.82, 2.24) is 24.5 Å². The van der Waals surface area contributed by atoms with Crippen LogP contribution >= 0.6 is 0 Å². The highest BCUT2D eigenvalue weighted by Crippen LogP contribution is 2.18. The van der Waals surface area contributed by atoms with Gasteiger partial charge in [0.1, 0.15) is 0 Å². The maximum atomic E-state index is 12.2. The van der Waals surface area contributed by atoms with Crippen LogP contribution in [0, 0.1) is 5.92 Å². The summed E-state index contributed by atoms with van der Waals surface area (Å²) in [7, 11) is -3.47. The third kappa shape index (κ3) is 5.03. The van der Waals surface area contributed by atoms with E-state index < -0.39 is 10.2 Å². The van der Waals surface area contributed by atoms with Crippen LogP contribution in [-0.4, -0.2) is 48.5 Å². The van der Waals surface area contributed by atoms with Gasteiger partial charge in [-0.05, 0) is 25.3 Å². The molecular formula is C12H23N5O3S. The van der Waals surface area contributed by atoms with E-state index >= 15 is 0 Å². The second-order valence-corrected chi connectivity index (χ2v) is 7.33. The van der Waals surface area contributed by atoms with Gasteiger partial charge in [-0.25, -0.2) is 0 Å². The van der Waals surface area contributed by atoms with Crippen molar-refractivity contribution in [2.45, 2.75) is 39.3 Å². The van der Waals surface area contributed by atoms with E-state index in [0.29, 0.717) is 30.9 Å². The SMILES string of the molecule is CC(C)NCC1CCN(S(=O)(=O)NCc2ncon2)CC1. The molecule has 9 heteroatoms. The first-order chi connectivity index (χ1) is 9.97. The van der Waals surface area contributed by atoms with E-state index in [2.05, 4.69) is 38.6 Å². The molecule has 21 heavy (non-hydrogen) atoms. The molecule has 0 atom stereocenters. The lowest BCUT2D eigenvalue weighted by molar-refractivity contribution is 0.261. The average molecular weight is 317 g/mol. The number of aromatic nitrogens is 2. The topological polar surface area (TPSA) is 100 Å². The van der Waals surface area contributed by atoms with Gasteiger partial charge in [0.25, 0.3) is 10.2 Å². The number of hydrogen-bond donors (Lipinski definition) is 2. The predicted octanol–water partition coefficient (Wildman–Crippen LogP) is 0.114. The van der Waals surface area contributed by atoms with Crippen molar-refractivity contribution in [2.75, 3.05) is 19.6 Å². The van der Waals surface area contributed by atoms with Crippen LogP contribution in [0.25, 0.3) is 0 Å². The van der Waals surface area contributed by atoms with Gasteiger partial charge in [0.05, 0.1) is 6.54 Å². The fourth-order valence-corrected chi connectivity index (χ4v) is 3.46. The molecule has 1 saturated heterocycles. The van der Waals surface area contributed by atoms with Crippen molar-refractivity contribution < 1.29 is 12.9 Å². The molecule has 1 aliphatic heterocycles. The van der Waals surface area contributed by atoms with E-state index in [-0.39, 0.29) is 6.54 Å². The number of hydrogen-bond acceptors (Lipinski definition) is 6. The summed E-state index contributed by atoms with van der Waals surface area (Å²) in [6.45, 7) is 6.32. The largest absolute Gasteiger partial charge is 0.343 e. The van der Waals surface area contributed by atoms with Crippen LogP contribution in [0.4, 0.5) is 0 Å². The summed E-state index contributed by atoms with van der Waals surface area (Å²) in [6.07, 6.45) is 2.93. The van der Waals surface area contributed by atoms with Crippen molar-refractivity contribution >= 4 is 10.2 Å². The third-order valence-electron chi connectivity index (χ3n) is 3.55. The minimum absolute atomic E-state index is 0.0493. The van der Waals surface area contributed by atoms with Gasteiger partial charge >= 0.3 is 0 Å². The number of piperidine rings is 1. The molecule has 2 heterocycles. The summed E-state index contributed by atoms with van der Waals surface area (Å²) >= 11 is 0. The van der Waals surface area contributed by atoms with Gasteiger partial charge in [0.15, 0.2) is 5.82 Å². The summed E-state index contributed by atoms with van der Waals surface area (Å²) in [6, 6.07) is 0.461. The molecule has 0 saturated carbocycles. The number of nitrogens with one attached hydrogen (secondary N) is 2. The Bertz CT molecular complexity index is 509. The normalized spacial score (nSPS) is 18.4. The van der Waals surface area contributed by atoms with Gasteiger partial charge in [-0.15, -0.1) is 0 Å². The number of nitrogens with zero attached hydrogens (tertiary/aromatic N) is 3. The van der Waals surface area contributed by atoms with Crippen LogP contribution in [0.1, 0.15) is 32.5 Å². The van der Waals surface area contributed by atoms with Crippen LogP contribution in [0.3, 0.4) is 0 Å². The lowest BCUT2D eigenvalue weighted by Crippen LogP contribution is -2.46. The maximum absolute atomic E-state index is 12.2. The van der Waals surface area contributed by atoms with E-state index in [4.69, 9.17) is 0 Å². The zero-order chi connectivity index (χ0) is 15.3. The Morgan fingerprint density at radius 2 is 2.14 bits per heavy atom. The quantitative estimate of drug-likeness (QED) is 0.740. The molecular weight excluding hydrogens is 294 g/mol. The van der Waals surface area contributed by atoms with E-state index in [1.54, 1.807) is 0 Å². The molecule has 0 spiro atoms. The molecule has 1 aromatic heterocycles. The lowest BCUT2D eigenvalue weighted by Gasteiger charge is -2.31. The fourth-order valence-electron chi connectivity index (χ4n) is 2.27. The van der Waals surface area contributed by atoms with Crippen LogP contribution in [0.15, 0.2) is 10.9 Å². The molecule has 0 bridgehead atoms. The van der Waals surface area contributed by atoms with Gasteiger partial charge in [0.2, 0.25) is 6.39 Å². The van der Waals surface area contributed by atoms with Crippen LogP contribution < -0.4 is 10.0 Å². The van der Waals surface area contributed by atoms with Gasteiger partial charge in [-0.1, -0.05) is 19.0 Å². The van der Waals surface area contributed by atoms with Crippen molar-refractivity contribution in [3.05, 3.63) is 12.2 Å². The summed E-state index contributed by atoms with van der Waals surface area (Å²) in [5.74, 6) is 0.866. The Hall–Kier alpha value is -1.03. The van der Waals surface area contributed by atoms with Gasteiger partial charge < -0.3 is 9.84 Å². The average Bonchev–Trinajstić information content (AvgIpc) is 2.97. The monoisotopic (exact) mass is 317 g/mol. The molecule has 0 radical (unpaired) electrons. The Labute approximate surface area is 125 Å². The first-order valence-electron chi connectivity index (χ1n) is 7.20. The van der Waals surface area contributed by atoms with E-state index in [1.165, 1.54) is 10.7 Å². The van der Waals surface area contributed by atoms with Crippen LogP contribution in [-0.2, 0) is 16.8 Å². The zero-order valence-electron chi connectivity index (χ0n) is 12.4. The highest BCUT2D eigenvalue weighted by Gasteiger charge is 2.27. The maximum Gasteiger partial charge on any atom is 0.279 e. The summed E-state index contributed by atoms with van der Waals surface area (Å²) in [4.78, 5) is 3.79. The molecule has 0 amide bonds. The van der Waals surface area contributed by atoms with Crippen molar-refractivity contribution in [3.63, 3.8) is 0 Å². The van der Waals surface area contributed by atoms with Crippen LogP contribution in [0.5, 0.6) is 0 Å². The third-order valence-corrected chi connectivity index (χ3v) is 5.10. The van der Waals surface area contributed by atoms with E-state index in [9.17, 15) is 8.42 Å². The zero-order valence-corrected chi connectivity index (χ0v) is 13.3. The van der Waals surface area contributed by atoms with Crippen molar-refractivity contribution in [2.24, 2.45) is 5.92 Å². The Morgan fingerprint density at radius 3 is 2.71 bits per heavy atom. The molecule has 0 aromatic carbocycles.